The lowest BCUT2D eigenvalue weighted by atomic mass is 9.79. The zero-order valence-electron chi connectivity index (χ0n) is 27.4. The SMILES string of the molecule is CCO.CNc1cn(C2CCCCC2)nc1-c1nc(F)ccc1F.O=Cc1csc(-c2cnn(COC(=O)C3CCCCC3C(=O)O)c2)n1. The molecule has 4 aromatic heterocycles. The predicted molar refractivity (Wildman–Crippen MR) is 178 cm³/mol. The number of aliphatic carboxylic acids is 1. The third kappa shape index (κ3) is 9.98. The highest BCUT2D eigenvalue weighted by Crippen LogP contribution is 2.33. The second-order valence-corrected chi connectivity index (χ2v) is 12.4. The van der Waals surface area contributed by atoms with Crippen molar-refractivity contribution in [2.45, 2.75) is 77.5 Å². The molecule has 0 spiro atoms. The molecule has 4 aromatic rings. The Morgan fingerprint density at radius 2 is 1.73 bits per heavy atom. The molecule has 3 N–H and O–H groups in total. The van der Waals surface area contributed by atoms with Gasteiger partial charge in [-0.3, -0.25) is 19.1 Å². The number of aldehydes is 1. The highest BCUT2D eigenvalue weighted by Gasteiger charge is 2.36. The Morgan fingerprint density at radius 3 is 2.39 bits per heavy atom. The molecule has 2 aliphatic rings. The Bertz CT molecular complexity index is 1690. The van der Waals surface area contributed by atoms with Gasteiger partial charge >= 0.3 is 11.9 Å². The average molecular weight is 702 g/mol. The average Bonchev–Trinajstić information content (AvgIpc) is 3.89. The van der Waals surface area contributed by atoms with Gasteiger partial charge in [0.2, 0.25) is 5.95 Å². The van der Waals surface area contributed by atoms with E-state index in [0.29, 0.717) is 47.3 Å². The van der Waals surface area contributed by atoms with E-state index in [-0.39, 0.29) is 19.0 Å². The van der Waals surface area contributed by atoms with Gasteiger partial charge in [0.1, 0.15) is 22.1 Å². The minimum atomic E-state index is -0.947. The van der Waals surface area contributed by atoms with Crippen LogP contribution in [0.25, 0.3) is 22.0 Å². The first-order valence-corrected chi connectivity index (χ1v) is 17.1. The zero-order valence-corrected chi connectivity index (χ0v) is 28.2. The van der Waals surface area contributed by atoms with Crippen LogP contribution in [0.15, 0.2) is 36.1 Å². The van der Waals surface area contributed by atoms with Crippen LogP contribution in [0.5, 0.6) is 0 Å². The maximum absolute atomic E-state index is 13.9. The molecule has 0 aliphatic heterocycles. The molecule has 6 rings (SSSR count). The molecule has 2 fully saturated rings. The van der Waals surface area contributed by atoms with Gasteiger partial charge in [-0.1, -0.05) is 32.1 Å². The van der Waals surface area contributed by atoms with Crippen LogP contribution in [0.2, 0.25) is 0 Å². The second kappa shape index (κ2) is 18.3. The lowest BCUT2D eigenvalue weighted by Gasteiger charge is -2.26. The van der Waals surface area contributed by atoms with E-state index in [9.17, 15) is 28.3 Å². The zero-order chi connectivity index (χ0) is 35.3. The van der Waals surface area contributed by atoms with E-state index < -0.39 is 35.5 Å². The standard InChI is InChI=1S/C16H17N3O5S.C15H18F2N4.C2H6O/c20-7-11-8-25-14(18-11)10-5-17-19(6-10)9-24-16(23)13-4-2-1-3-12(13)15(21)22;1-18-12-9-21(10-5-3-2-4-6-10)20-15(12)14-11(16)7-8-13(17)19-14;1-2-3/h5-8,12-13H,1-4,9H2,(H,21,22);7-10,18H,2-6H2,1H3;3H,2H2,1H3. The topological polar surface area (TPSA) is 174 Å². The number of hydrogen-bond acceptors (Lipinski definition) is 11. The van der Waals surface area contributed by atoms with Crippen LogP contribution in [0.3, 0.4) is 0 Å². The molecular formula is C33H41F2N7O6S. The van der Waals surface area contributed by atoms with Gasteiger partial charge in [0, 0.05) is 37.0 Å². The summed E-state index contributed by atoms with van der Waals surface area (Å²) < 4.78 is 35.8. The van der Waals surface area contributed by atoms with Crippen molar-refractivity contribution in [1.82, 2.24) is 29.5 Å². The molecule has 2 atom stereocenters. The van der Waals surface area contributed by atoms with Crippen LogP contribution >= 0.6 is 11.3 Å². The molecule has 0 aromatic carbocycles. The number of hydrogen-bond donors (Lipinski definition) is 3. The molecule has 2 saturated carbocycles. The van der Waals surface area contributed by atoms with Crippen LogP contribution in [0, 0.1) is 23.6 Å². The van der Waals surface area contributed by atoms with E-state index in [1.165, 1.54) is 35.3 Å². The molecular weight excluding hydrogens is 660 g/mol. The molecule has 0 bridgehead atoms. The van der Waals surface area contributed by atoms with Crippen molar-refractivity contribution >= 4 is 35.2 Å². The van der Waals surface area contributed by atoms with Crippen LogP contribution in [-0.4, -0.2) is 71.6 Å². The fourth-order valence-corrected chi connectivity index (χ4v) is 6.57. The van der Waals surface area contributed by atoms with E-state index in [1.54, 1.807) is 31.7 Å². The van der Waals surface area contributed by atoms with Gasteiger partial charge in [0.05, 0.1) is 29.8 Å². The third-order valence-corrected chi connectivity index (χ3v) is 9.14. The van der Waals surface area contributed by atoms with E-state index in [0.717, 1.165) is 43.4 Å². The minimum Gasteiger partial charge on any atom is -0.481 e. The molecule has 0 saturated heterocycles. The normalized spacial score (nSPS) is 17.6. The van der Waals surface area contributed by atoms with Gasteiger partial charge in [0.25, 0.3) is 0 Å². The van der Waals surface area contributed by atoms with Crippen LogP contribution in [-0.2, 0) is 21.1 Å². The molecule has 0 radical (unpaired) electrons. The van der Waals surface area contributed by atoms with Crippen molar-refractivity contribution in [3.63, 3.8) is 0 Å². The summed E-state index contributed by atoms with van der Waals surface area (Å²) in [4.78, 5) is 42.0. The Hall–Kier alpha value is -4.57. The molecule has 2 aliphatic carbocycles. The van der Waals surface area contributed by atoms with E-state index in [2.05, 4.69) is 25.5 Å². The smallest absolute Gasteiger partial charge is 0.311 e. The number of anilines is 1. The summed E-state index contributed by atoms with van der Waals surface area (Å²) in [6.07, 6.45) is 14.2. The monoisotopic (exact) mass is 701 g/mol. The van der Waals surface area contributed by atoms with Gasteiger partial charge in [0.15, 0.2) is 18.8 Å². The lowest BCUT2D eigenvalue weighted by Crippen LogP contribution is -2.34. The number of halogens is 2. The van der Waals surface area contributed by atoms with Crippen molar-refractivity contribution < 1.29 is 38.1 Å². The Morgan fingerprint density at radius 1 is 1.04 bits per heavy atom. The summed E-state index contributed by atoms with van der Waals surface area (Å²) in [5.74, 6) is -4.00. The summed E-state index contributed by atoms with van der Waals surface area (Å²) in [6.45, 7) is 1.84. The number of nitrogens with zero attached hydrogens (tertiary/aromatic N) is 6. The number of aliphatic hydroxyl groups is 1. The number of esters is 1. The largest absolute Gasteiger partial charge is 0.481 e. The number of aromatic nitrogens is 6. The van der Waals surface area contributed by atoms with Gasteiger partial charge in [-0.25, -0.2) is 19.0 Å². The number of carboxylic acids is 1. The van der Waals surface area contributed by atoms with Gasteiger partial charge < -0.3 is 20.3 Å². The van der Waals surface area contributed by atoms with Crippen molar-refractivity contribution in [3.8, 4) is 22.0 Å². The van der Waals surface area contributed by atoms with Crippen molar-refractivity contribution in [1.29, 1.82) is 0 Å². The van der Waals surface area contributed by atoms with Gasteiger partial charge in [-0.05, 0) is 44.7 Å². The van der Waals surface area contributed by atoms with E-state index in [1.807, 2.05) is 10.9 Å². The minimum absolute atomic E-state index is 0.0473. The predicted octanol–water partition coefficient (Wildman–Crippen LogP) is 5.98. The van der Waals surface area contributed by atoms with E-state index >= 15 is 0 Å². The molecule has 264 valence electrons. The molecule has 49 heavy (non-hydrogen) atoms. The fraction of sp³-hybridized carbons (Fsp3) is 0.485. The van der Waals surface area contributed by atoms with Crippen molar-refractivity contribution in [2.75, 3.05) is 19.0 Å². The van der Waals surface area contributed by atoms with Crippen molar-refractivity contribution in [2.24, 2.45) is 11.8 Å². The quantitative estimate of drug-likeness (QED) is 0.106. The maximum Gasteiger partial charge on any atom is 0.311 e. The van der Waals surface area contributed by atoms with E-state index in [4.69, 9.17) is 9.84 Å². The first-order valence-electron chi connectivity index (χ1n) is 16.2. The first kappa shape index (κ1) is 37.3. The fourth-order valence-electron chi connectivity index (χ4n) is 5.83. The Balaban J connectivity index is 0.000000207. The first-order chi connectivity index (χ1) is 23.7. The highest BCUT2D eigenvalue weighted by atomic mass is 32.1. The number of carboxylic acid groups (broad SMARTS) is 1. The van der Waals surface area contributed by atoms with Gasteiger partial charge in [-0.15, -0.1) is 11.3 Å². The molecule has 0 amide bonds. The number of pyridine rings is 1. The number of thiazole rings is 1. The summed E-state index contributed by atoms with van der Waals surface area (Å²) in [5.41, 5.74) is 2.05. The molecule has 2 unspecified atom stereocenters. The Kier molecular flexibility index (Phi) is 13.9. The number of rotatable bonds is 9. The van der Waals surface area contributed by atoms with Crippen LogP contribution in [0.1, 0.15) is 81.2 Å². The number of nitrogens with one attached hydrogen (secondary N) is 1. The van der Waals surface area contributed by atoms with Crippen LogP contribution in [0.4, 0.5) is 14.5 Å². The summed E-state index contributed by atoms with van der Waals surface area (Å²) in [5, 5.41) is 30.7. The molecule has 4 heterocycles. The molecule has 16 heteroatoms. The summed E-state index contributed by atoms with van der Waals surface area (Å²) in [6, 6.07) is 2.42. The van der Waals surface area contributed by atoms with Crippen molar-refractivity contribution in [3.05, 3.63) is 53.6 Å². The Labute approximate surface area is 286 Å². The highest BCUT2D eigenvalue weighted by molar-refractivity contribution is 7.13. The summed E-state index contributed by atoms with van der Waals surface area (Å²) in [7, 11) is 1.74. The summed E-state index contributed by atoms with van der Waals surface area (Å²) >= 11 is 1.32. The van der Waals surface area contributed by atoms with Crippen LogP contribution < -0.4 is 5.32 Å². The number of carbonyl (C=O) groups is 3. The second-order valence-electron chi connectivity index (χ2n) is 11.6. The third-order valence-electron chi connectivity index (χ3n) is 8.23. The lowest BCUT2D eigenvalue weighted by molar-refractivity contribution is -0.162. The maximum atomic E-state index is 13.9. The molecule has 13 nitrogen and oxygen atoms in total. The van der Waals surface area contributed by atoms with Gasteiger partial charge in [-0.2, -0.15) is 14.6 Å². The number of carbonyl (C=O) groups excluding carboxylic acids is 2. The number of ether oxygens (including phenoxy) is 1. The number of aliphatic hydroxyl groups excluding tert-OH is 1.